The van der Waals surface area contributed by atoms with E-state index in [1.165, 1.54) is 23.7 Å². The second kappa shape index (κ2) is 5.98. The number of carbonyl (C=O) groups is 1. The summed E-state index contributed by atoms with van der Waals surface area (Å²) in [6.45, 7) is 2.15. The molecule has 1 amide bonds. The van der Waals surface area contributed by atoms with E-state index in [1.54, 1.807) is 20.0 Å². The number of aliphatic hydroxyl groups excluding tert-OH is 1. The molecule has 0 radical (unpaired) electrons. The summed E-state index contributed by atoms with van der Waals surface area (Å²) in [4.78, 5) is 13.9. The molecule has 0 saturated carbocycles. The van der Waals surface area contributed by atoms with Gasteiger partial charge in [-0.1, -0.05) is 0 Å². The summed E-state index contributed by atoms with van der Waals surface area (Å²) in [5, 5.41) is 14.2. The average molecular weight is 330 g/mol. The van der Waals surface area contributed by atoms with Crippen molar-refractivity contribution in [2.45, 2.75) is 13.0 Å². The fourth-order valence-electron chi connectivity index (χ4n) is 2.58. The SMILES string of the molecule is Cc1cc(C(=O)N2CC(O)C(CS(=O)(=O)N(C)C)C2)n(C)n1. The molecule has 1 N–H and O–H groups in total. The van der Waals surface area contributed by atoms with Crippen LogP contribution in [0.1, 0.15) is 16.2 Å². The normalized spacial score (nSPS) is 22.5. The van der Waals surface area contributed by atoms with Crippen LogP contribution < -0.4 is 0 Å². The van der Waals surface area contributed by atoms with Gasteiger partial charge in [-0.05, 0) is 13.0 Å². The molecule has 9 heteroatoms. The Labute approximate surface area is 130 Å². The van der Waals surface area contributed by atoms with Gasteiger partial charge in [0.05, 0.1) is 17.6 Å². The van der Waals surface area contributed by atoms with Crippen LogP contribution in [0.2, 0.25) is 0 Å². The summed E-state index contributed by atoms with van der Waals surface area (Å²) >= 11 is 0. The molecule has 2 unspecified atom stereocenters. The van der Waals surface area contributed by atoms with Crippen LogP contribution in [-0.2, 0) is 17.1 Å². The third-order valence-electron chi connectivity index (χ3n) is 3.90. The maximum Gasteiger partial charge on any atom is 0.272 e. The molecule has 2 atom stereocenters. The minimum atomic E-state index is -3.41. The van der Waals surface area contributed by atoms with Crippen LogP contribution >= 0.6 is 0 Å². The van der Waals surface area contributed by atoms with E-state index in [1.807, 2.05) is 0 Å². The second-order valence-corrected chi connectivity index (χ2v) is 8.12. The summed E-state index contributed by atoms with van der Waals surface area (Å²) < 4.78 is 26.5. The lowest BCUT2D eigenvalue weighted by Crippen LogP contribution is -2.34. The Morgan fingerprint density at radius 2 is 2.09 bits per heavy atom. The Bertz CT molecular complexity index is 668. The third kappa shape index (κ3) is 3.31. The number of aliphatic hydroxyl groups is 1. The summed E-state index contributed by atoms with van der Waals surface area (Å²) in [5.41, 5.74) is 1.16. The molecule has 0 spiro atoms. The van der Waals surface area contributed by atoms with E-state index in [0.717, 1.165) is 10.00 Å². The van der Waals surface area contributed by atoms with E-state index < -0.39 is 22.0 Å². The minimum Gasteiger partial charge on any atom is -0.391 e. The third-order valence-corrected chi connectivity index (χ3v) is 5.86. The van der Waals surface area contributed by atoms with E-state index in [-0.39, 0.29) is 24.7 Å². The van der Waals surface area contributed by atoms with Gasteiger partial charge in [0.2, 0.25) is 10.0 Å². The summed E-state index contributed by atoms with van der Waals surface area (Å²) in [6, 6.07) is 1.68. The number of hydrogen-bond donors (Lipinski definition) is 1. The summed E-state index contributed by atoms with van der Waals surface area (Å²) in [7, 11) is 1.18. The molecule has 1 aromatic rings. The highest BCUT2D eigenvalue weighted by atomic mass is 32.2. The molecular weight excluding hydrogens is 308 g/mol. The van der Waals surface area contributed by atoms with E-state index in [4.69, 9.17) is 0 Å². The van der Waals surface area contributed by atoms with Crippen LogP contribution in [0, 0.1) is 12.8 Å². The number of aromatic nitrogens is 2. The predicted octanol–water partition coefficient (Wildman–Crippen LogP) is -0.947. The van der Waals surface area contributed by atoms with Crippen LogP contribution in [0.25, 0.3) is 0 Å². The standard InChI is InChI=1S/C13H22N4O4S/c1-9-5-11(16(4)14-9)13(19)17-6-10(12(18)7-17)8-22(20,21)15(2)3/h5,10,12,18H,6-8H2,1-4H3. The number of aryl methyl sites for hydroxylation is 2. The topological polar surface area (TPSA) is 95.7 Å². The van der Waals surface area contributed by atoms with Crippen LogP contribution in [0.3, 0.4) is 0 Å². The van der Waals surface area contributed by atoms with Gasteiger partial charge in [-0.3, -0.25) is 9.48 Å². The smallest absolute Gasteiger partial charge is 0.272 e. The Morgan fingerprint density at radius 1 is 1.45 bits per heavy atom. The molecule has 2 heterocycles. The first-order chi connectivity index (χ1) is 10.1. The fourth-order valence-corrected chi connectivity index (χ4v) is 3.74. The molecule has 1 saturated heterocycles. The number of amides is 1. The van der Waals surface area contributed by atoms with Crippen LogP contribution in [-0.4, -0.2) is 77.5 Å². The zero-order chi connectivity index (χ0) is 16.7. The van der Waals surface area contributed by atoms with Crippen molar-refractivity contribution in [1.82, 2.24) is 19.0 Å². The molecule has 22 heavy (non-hydrogen) atoms. The van der Waals surface area contributed by atoms with Crippen molar-refractivity contribution in [3.8, 4) is 0 Å². The molecule has 1 fully saturated rings. The predicted molar refractivity (Wildman–Crippen MR) is 80.8 cm³/mol. The maximum atomic E-state index is 12.5. The maximum absolute atomic E-state index is 12.5. The first kappa shape index (κ1) is 16.9. The van der Waals surface area contributed by atoms with Gasteiger partial charge in [-0.2, -0.15) is 5.10 Å². The van der Waals surface area contributed by atoms with E-state index in [0.29, 0.717) is 5.69 Å². The second-order valence-electron chi connectivity index (χ2n) is 5.89. The quantitative estimate of drug-likeness (QED) is 0.768. The van der Waals surface area contributed by atoms with Gasteiger partial charge in [-0.15, -0.1) is 0 Å². The lowest BCUT2D eigenvalue weighted by Gasteiger charge is -2.18. The van der Waals surface area contributed by atoms with Gasteiger partial charge in [-0.25, -0.2) is 12.7 Å². The summed E-state index contributed by atoms with van der Waals surface area (Å²) in [5.74, 6) is -0.896. The monoisotopic (exact) mass is 330 g/mol. The van der Waals surface area contributed by atoms with E-state index in [9.17, 15) is 18.3 Å². The Morgan fingerprint density at radius 3 is 2.59 bits per heavy atom. The lowest BCUT2D eigenvalue weighted by atomic mass is 10.1. The van der Waals surface area contributed by atoms with Crippen molar-refractivity contribution in [1.29, 1.82) is 0 Å². The van der Waals surface area contributed by atoms with E-state index >= 15 is 0 Å². The zero-order valence-electron chi connectivity index (χ0n) is 13.2. The summed E-state index contributed by atoms with van der Waals surface area (Å²) in [6.07, 6.45) is -0.840. The number of nitrogens with zero attached hydrogens (tertiary/aromatic N) is 4. The first-order valence-electron chi connectivity index (χ1n) is 7.00. The highest BCUT2D eigenvalue weighted by molar-refractivity contribution is 7.89. The lowest BCUT2D eigenvalue weighted by molar-refractivity contribution is 0.0754. The molecule has 124 valence electrons. The molecular formula is C13H22N4O4S. The number of rotatable bonds is 4. The first-order valence-corrected chi connectivity index (χ1v) is 8.61. The molecule has 8 nitrogen and oxygen atoms in total. The van der Waals surface area contributed by atoms with Gasteiger partial charge in [0.15, 0.2) is 0 Å². The van der Waals surface area contributed by atoms with E-state index in [2.05, 4.69) is 5.10 Å². The van der Waals surface area contributed by atoms with Crippen molar-refractivity contribution in [3.05, 3.63) is 17.5 Å². The number of hydrogen-bond acceptors (Lipinski definition) is 5. The Balaban J connectivity index is 2.11. The van der Waals surface area contributed by atoms with Crippen molar-refractivity contribution in [2.24, 2.45) is 13.0 Å². The molecule has 2 rings (SSSR count). The highest BCUT2D eigenvalue weighted by Crippen LogP contribution is 2.22. The Kier molecular flexibility index (Phi) is 4.59. The van der Waals surface area contributed by atoms with Crippen molar-refractivity contribution in [3.63, 3.8) is 0 Å². The molecule has 0 aromatic carbocycles. The van der Waals surface area contributed by atoms with Gasteiger partial charge in [0.25, 0.3) is 5.91 Å². The number of β-amino-alcohol motifs (C(OH)–C–C–N with tert-alkyl or cyclic N) is 1. The van der Waals surface area contributed by atoms with Crippen LogP contribution in [0.4, 0.5) is 0 Å². The number of carbonyl (C=O) groups excluding carboxylic acids is 1. The average Bonchev–Trinajstić information content (AvgIpc) is 2.91. The molecule has 1 aliphatic heterocycles. The number of likely N-dealkylation sites (tertiary alicyclic amines) is 1. The van der Waals surface area contributed by atoms with Gasteiger partial charge in [0, 0.05) is 40.2 Å². The number of sulfonamides is 1. The zero-order valence-corrected chi connectivity index (χ0v) is 14.0. The van der Waals surface area contributed by atoms with Gasteiger partial charge in [0.1, 0.15) is 5.69 Å². The highest BCUT2D eigenvalue weighted by Gasteiger charge is 2.38. The fraction of sp³-hybridized carbons (Fsp3) is 0.692. The van der Waals surface area contributed by atoms with Gasteiger partial charge < -0.3 is 10.0 Å². The van der Waals surface area contributed by atoms with Crippen molar-refractivity contribution >= 4 is 15.9 Å². The van der Waals surface area contributed by atoms with Crippen molar-refractivity contribution < 1.29 is 18.3 Å². The minimum absolute atomic E-state index is 0.136. The van der Waals surface area contributed by atoms with Crippen molar-refractivity contribution in [2.75, 3.05) is 32.9 Å². The Hall–Kier alpha value is -1.45. The molecule has 0 bridgehead atoms. The van der Waals surface area contributed by atoms with Gasteiger partial charge >= 0.3 is 0 Å². The largest absolute Gasteiger partial charge is 0.391 e. The molecule has 1 aromatic heterocycles. The van der Waals surface area contributed by atoms with Crippen LogP contribution in [0.15, 0.2) is 6.07 Å². The molecule has 0 aliphatic carbocycles. The molecule has 1 aliphatic rings. The van der Waals surface area contributed by atoms with Crippen LogP contribution in [0.5, 0.6) is 0 Å².